The molecule has 1 aliphatic rings. The Kier molecular flexibility index (Phi) is 6.31. The van der Waals surface area contributed by atoms with E-state index in [-0.39, 0.29) is 5.91 Å². The zero-order valence-corrected chi connectivity index (χ0v) is 17.1. The minimum atomic E-state index is -3.53. The van der Waals surface area contributed by atoms with E-state index in [0.29, 0.717) is 37.0 Å². The number of nitrogens with zero attached hydrogens (tertiary/aromatic N) is 2. The standard InChI is InChI=1S/C22H26N2O3S/c1-18(2)20-9-11-21(12-10-20)28(26,27)24-16-14-23(15-17-24)22(25)13-8-19-6-4-3-5-7-19/h3-13,18H,14-17H2,1-2H3. The first-order valence-corrected chi connectivity index (χ1v) is 10.9. The highest BCUT2D eigenvalue weighted by molar-refractivity contribution is 7.89. The van der Waals surface area contributed by atoms with E-state index < -0.39 is 10.0 Å². The Labute approximate surface area is 167 Å². The molecule has 0 spiro atoms. The van der Waals surface area contributed by atoms with Gasteiger partial charge in [-0.3, -0.25) is 4.79 Å². The normalized spacial score (nSPS) is 16.0. The van der Waals surface area contributed by atoms with Crippen molar-refractivity contribution in [3.05, 3.63) is 71.8 Å². The summed E-state index contributed by atoms with van der Waals surface area (Å²) >= 11 is 0. The fourth-order valence-corrected chi connectivity index (χ4v) is 4.58. The number of sulfonamides is 1. The molecular formula is C22H26N2O3S. The highest BCUT2D eigenvalue weighted by Gasteiger charge is 2.29. The van der Waals surface area contributed by atoms with Crippen LogP contribution in [0.1, 0.15) is 30.9 Å². The second kappa shape index (κ2) is 8.71. The summed E-state index contributed by atoms with van der Waals surface area (Å²) in [5, 5.41) is 0. The third-order valence-corrected chi connectivity index (χ3v) is 6.87. The second-order valence-corrected chi connectivity index (χ2v) is 9.14. The van der Waals surface area contributed by atoms with Crippen LogP contribution < -0.4 is 0 Å². The molecule has 6 heteroatoms. The van der Waals surface area contributed by atoms with E-state index >= 15 is 0 Å². The topological polar surface area (TPSA) is 57.7 Å². The van der Waals surface area contributed by atoms with Gasteiger partial charge in [-0.1, -0.05) is 56.3 Å². The van der Waals surface area contributed by atoms with Crippen LogP contribution in [0, 0.1) is 0 Å². The van der Waals surface area contributed by atoms with Crippen molar-refractivity contribution in [3.8, 4) is 0 Å². The summed E-state index contributed by atoms with van der Waals surface area (Å²) in [5.74, 6) is 0.262. The number of carbonyl (C=O) groups excluding carboxylic acids is 1. The Bertz CT molecular complexity index is 928. The average Bonchev–Trinajstić information content (AvgIpc) is 2.73. The van der Waals surface area contributed by atoms with Crippen LogP contribution in [0.2, 0.25) is 0 Å². The molecule has 1 amide bonds. The Hall–Kier alpha value is -2.44. The molecule has 0 radical (unpaired) electrons. The molecule has 5 nitrogen and oxygen atoms in total. The molecular weight excluding hydrogens is 372 g/mol. The van der Waals surface area contributed by atoms with Gasteiger partial charge in [0.1, 0.15) is 0 Å². The second-order valence-electron chi connectivity index (χ2n) is 7.20. The van der Waals surface area contributed by atoms with Gasteiger partial charge in [-0.2, -0.15) is 4.31 Å². The first kappa shape index (κ1) is 20.3. The molecule has 3 rings (SSSR count). The van der Waals surface area contributed by atoms with Gasteiger partial charge in [0, 0.05) is 32.3 Å². The molecule has 148 valence electrons. The van der Waals surface area contributed by atoms with Gasteiger partial charge in [0.2, 0.25) is 15.9 Å². The van der Waals surface area contributed by atoms with Gasteiger partial charge in [0.05, 0.1) is 4.90 Å². The number of rotatable bonds is 5. The van der Waals surface area contributed by atoms with E-state index in [9.17, 15) is 13.2 Å². The Balaban J connectivity index is 1.61. The number of hydrogen-bond acceptors (Lipinski definition) is 3. The summed E-state index contributed by atoms with van der Waals surface area (Å²) in [6.45, 7) is 5.54. The number of benzene rings is 2. The summed E-state index contributed by atoms with van der Waals surface area (Å²) in [5.41, 5.74) is 2.07. The van der Waals surface area contributed by atoms with Crippen LogP contribution in [0.3, 0.4) is 0 Å². The van der Waals surface area contributed by atoms with Crippen molar-refractivity contribution in [1.29, 1.82) is 0 Å². The SMILES string of the molecule is CC(C)c1ccc(S(=O)(=O)N2CCN(C(=O)C=Cc3ccccc3)CC2)cc1. The molecule has 0 N–H and O–H groups in total. The highest BCUT2D eigenvalue weighted by Crippen LogP contribution is 2.21. The maximum absolute atomic E-state index is 12.9. The first-order valence-electron chi connectivity index (χ1n) is 9.50. The summed E-state index contributed by atoms with van der Waals surface area (Å²) in [6, 6.07) is 16.7. The van der Waals surface area contributed by atoms with E-state index in [1.807, 2.05) is 42.5 Å². The molecule has 1 heterocycles. The Morgan fingerprint density at radius 3 is 2.11 bits per heavy atom. The van der Waals surface area contributed by atoms with Crippen LogP contribution in [-0.2, 0) is 14.8 Å². The number of amides is 1. The van der Waals surface area contributed by atoms with E-state index in [1.54, 1.807) is 29.2 Å². The largest absolute Gasteiger partial charge is 0.337 e. The third-order valence-electron chi connectivity index (χ3n) is 4.95. The third kappa shape index (κ3) is 4.69. The molecule has 0 aliphatic carbocycles. The molecule has 2 aromatic carbocycles. The van der Waals surface area contributed by atoms with E-state index in [4.69, 9.17) is 0 Å². The van der Waals surface area contributed by atoms with Crippen molar-refractivity contribution in [2.45, 2.75) is 24.7 Å². The molecule has 2 aromatic rings. The molecule has 0 atom stereocenters. The van der Waals surface area contributed by atoms with Crippen molar-refractivity contribution in [1.82, 2.24) is 9.21 Å². The minimum absolute atomic E-state index is 0.0952. The zero-order valence-electron chi connectivity index (χ0n) is 16.3. The predicted molar refractivity (Wildman–Crippen MR) is 111 cm³/mol. The first-order chi connectivity index (χ1) is 13.4. The van der Waals surface area contributed by atoms with Crippen molar-refractivity contribution in [2.75, 3.05) is 26.2 Å². The lowest BCUT2D eigenvalue weighted by molar-refractivity contribution is -0.127. The van der Waals surface area contributed by atoms with Gasteiger partial charge in [0.15, 0.2) is 0 Å². The van der Waals surface area contributed by atoms with Crippen LogP contribution in [0.4, 0.5) is 0 Å². The smallest absolute Gasteiger partial charge is 0.246 e. The maximum atomic E-state index is 12.9. The summed E-state index contributed by atoms with van der Waals surface area (Å²) in [7, 11) is -3.53. The summed E-state index contributed by atoms with van der Waals surface area (Å²) in [6.07, 6.45) is 3.33. The highest BCUT2D eigenvalue weighted by atomic mass is 32.2. The summed E-state index contributed by atoms with van der Waals surface area (Å²) in [4.78, 5) is 14.4. The van der Waals surface area contributed by atoms with E-state index in [1.165, 1.54) is 4.31 Å². The van der Waals surface area contributed by atoms with E-state index in [2.05, 4.69) is 13.8 Å². The Morgan fingerprint density at radius 1 is 0.929 bits per heavy atom. The maximum Gasteiger partial charge on any atom is 0.246 e. The van der Waals surface area contributed by atoms with E-state index in [0.717, 1.165) is 11.1 Å². The Morgan fingerprint density at radius 2 is 1.54 bits per heavy atom. The van der Waals surface area contributed by atoms with Gasteiger partial charge in [-0.05, 0) is 35.3 Å². The average molecular weight is 399 g/mol. The van der Waals surface area contributed by atoms with Crippen molar-refractivity contribution in [2.24, 2.45) is 0 Å². The van der Waals surface area contributed by atoms with Gasteiger partial charge >= 0.3 is 0 Å². The van der Waals surface area contributed by atoms with Crippen molar-refractivity contribution >= 4 is 22.0 Å². The lowest BCUT2D eigenvalue weighted by Gasteiger charge is -2.33. The van der Waals surface area contributed by atoms with Gasteiger partial charge in [-0.25, -0.2) is 8.42 Å². The molecule has 28 heavy (non-hydrogen) atoms. The van der Waals surface area contributed by atoms with Crippen LogP contribution in [0.5, 0.6) is 0 Å². The van der Waals surface area contributed by atoms with Crippen molar-refractivity contribution < 1.29 is 13.2 Å². The molecule has 1 aliphatic heterocycles. The molecule has 1 fully saturated rings. The van der Waals surface area contributed by atoms with Gasteiger partial charge in [-0.15, -0.1) is 0 Å². The lowest BCUT2D eigenvalue weighted by atomic mass is 10.0. The molecule has 0 saturated carbocycles. The monoisotopic (exact) mass is 398 g/mol. The lowest BCUT2D eigenvalue weighted by Crippen LogP contribution is -2.50. The zero-order chi connectivity index (χ0) is 20.1. The number of hydrogen-bond donors (Lipinski definition) is 0. The molecule has 1 saturated heterocycles. The minimum Gasteiger partial charge on any atom is -0.337 e. The summed E-state index contributed by atoms with van der Waals surface area (Å²) < 4.78 is 27.2. The fraction of sp³-hybridized carbons (Fsp3) is 0.318. The van der Waals surface area contributed by atoms with Gasteiger partial charge < -0.3 is 4.90 Å². The predicted octanol–water partition coefficient (Wildman–Crippen LogP) is 3.36. The molecule has 0 bridgehead atoms. The molecule has 0 unspecified atom stereocenters. The van der Waals surface area contributed by atoms with Crippen LogP contribution >= 0.6 is 0 Å². The van der Waals surface area contributed by atoms with Crippen LogP contribution in [-0.4, -0.2) is 49.7 Å². The molecule has 0 aromatic heterocycles. The quantitative estimate of drug-likeness (QED) is 0.726. The fourth-order valence-electron chi connectivity index (χ4n) is 3.16. The number of carbonyl (C=O) groups is 1. The van der Waals surface area contributed by atoms with Crippen LogP contribution in [0.25, 0.3) is 6.08 Å². The van der Waals surface area contributed by atoms with Crippen molar-refractivity contribution in [3.63, 3.8) is 0 Å². The van der Waals surface area contributed by atoms with Gasteiger partial charge in [0.25, 0.3) is 0 Å². The van der Waals surface area contributed by atoms with Crippen LogP contribution in [0.15, 0.2) is 65.6 Å². The number of piperazine rings is 1.